The number of rotatable bonds is 3. The first-order chi connectivity index (χ1) is 8.04. The fraction of sp³-hybridized carbons (Fsp3) is 0.556. The molecule has 102 valence electrons. The predicted octanol–water partition coefficient (Wildman–Crippen LogP) is 2.25. The lowest BCUT2D eigenvalue weighted by atomic mass is 10.3. The number of nitrogen functional groups attached to an aromatic ring is 1. The number of alkyl halides is 5. The van der Waals surface area contributed by atoms with Gasteiger partial charge >= 0.3 is 12.1 Å². The summed E-state index contributed by atoms with van der Waals surface area (Å²) in [5.41, 5.74) is 5.52. The van der Waals surface area contributed by atoms with Gasteiger partial charge in [-0.25, -0.2) is 4.98 Å². The van der Waals surface area contributed by atoms with E-state index in [9.17, 15) is 22.0 Å². The van der Waals surface area contributed by atoms with Gasteiger partial charge in [0, 0.05) is 0 Å². The van der Waals surface area contributed by atoms with Crippen molar-refractivity contribution in [3.8, 4) is 5.88 Å². The minimum Gasteiger partial charge on any atom is -0.471 e. The lowest BCUT2D eigenvalue weighted by molar-refractivity contribution is -0.290. The third kappa shape index (κ3) is 2.96. The van der Waals surface area contributed by atoms with Gasteiger partial charge < -0.3 is 10.5 Å². The quantitative estimate of drug-likeness (QED) is 0.856. The number of hydrogen-bond acceptors (Lipinski definition) is 4. The second-order valence-electron chi connectivity index (χ2n) is 3.58. The van der Waals surface area contributed by atoms with E-state index in [2.05, 4.69) is 14.7 Å². The number of hydrogen-bond donors (Lipinski definition) is 1. The minimum atomic E-state index is -5.67. The fourth-order valence-corrected chi connectivity index (χ4v) is 1.00. The van der Waals surface area contributed by atoms with Gasteiger partial charge in [-0.2, -0.15) is 26.9 Å². The van der Waals surface area contributed by atoms with Gasteiger partial charge in [-0.15, -0.1) is 0 Å². The molecule has 1 aromatic rings. The molecule has 2 N–H and O–H groups in total. The molecule has 0 spiro atoms. The van der Waals surface area contributed by atoms with Crippen molar-refractivity contribution in [1.82, 2.24) is 9.97 Å². The number of aryl methyl sites for hydroxylation is 1. The summed E-state index contributed by atoms with van der Waals surface area (Å²) in [5, 5.41) is 0. The molecule has 0 amide bonds. The molecule has 4 nitrogen and oxygen atoms in total. The molecule has 0 aliphatic rings. The largest absolute Gasteiger partial charge is 0.471 e. The summed E-state index contributed by atoms with van der Waals surface area (Å²) in [4.78, 5) is 7.31. The van der Waals surface area contributed by atoms with E-state index in [4.69, 9.17) is 5.73 Å². The first-order valence-corrected chi connectivity index (χ1v) is 4.72. The maximum Gasteiger partial charge on any atom is 0.456 e. The van der Waals surface area contributed by atoms with Gasteiger partial charge in [-0.1, -0.05) is 0 Å². The Balaban J connectivity index is 2.88. The predicted molar refractivity (Wildman–Crippen MR) is 52.4 cm³/mol. The summed E-state index contributed by atoms with van der Waals surface area (Å²) >= 11 is 0. The van der Waals surface area contributed by atoms with E-state index in [0.29, 0.717) is 0 Å². The summed E-state index contributed by atoms with van der Waals surface area (Å²) in [7, 11) is 0. The highest BCUT2D eigenvalue weighted by molar-refractivity contribution is 5.44. The van der Waals surface area contributed by atoms with E-state index < -0.39 is 18.7 Å². The van der Waals surface area contributed by atoms with Crippen molar-refractivity contribution in [3.63, 3.8) is 0 Å². The van der Waals surface area contributed by atoms with Crippen LogP contribution in [0.1, 0.15) is 11.4 Å². The number of aromatic nitrogens is 2. The topological polar surface area (TPSA) is 61.0 Å². The van der Waals surface area contributed by atoms with Gasteiger partial charge in [-0.05, 0) is 13.8 Å². The standard InChI is InChI=1S/C9H10F5N3O/c1-4-6(15)16-5(2)17-7(4)18-3-8(10,11)9(12,13)14/h3H2,1-2H3,(H2,15,16,17). The summed E-state index contributed by atoms with van der Waals surface area (Å²) < 4.78 is 65.4. The smallest absolute Gasteiger partial charge is 0.456 e. The molecule has 0 fully saturated rings. The van der Waals surface area contributed by atoms with Crippen LogP contribution < -0.4 is 10.5 Å². The molecule has 18 heavy (non-hydrogen) atoms. The molecule has 0 bridgehead atoms. The van der Waals surface area contributed by atoms with Gasteiger partial charge in [-0.3, -0.25) is 0 Å². The Bertz CT molecular complexity index is 447. The summed E-state index contributed by atoms with van der Waals surface area (Å²) in [6.45, 7) is 0.910. The molecule has 0 aliphatic carbocycles. The zero-order valence-electron chi connectivity index (χ0n) is 9.48. The number of nitrogens with zero attached hydrogens (tertiary/aromatic N) is 2. The Hall–Kier alpha value is -1.67. The highest BCUT2D eigenvalue weighted by atomic mass is 19.4. The van der Waals surface area contributed by atoms with Crippen molar-refractivity contribution in [2.75, 3.05) is 12.3 Å². The second kappa shape index (κ2) is 4.54. The first kappa shape index (κ1) is 14.4. The normalized spacial score (nSPS) is 12.6. The van der Waals surface area contributed by atoms with E-state index in [1.54, 1.807) is 0 Å². The highest BCUT2D eigenvalue weighted by Gasteiger charge is 2.58. The van der Waals surface area contributed by atoms with Crippen LogP contribution >= 0.6 is 0 Å². The van der Waals surface area contributed by atoms with Crippen molar-refractivity contribution in [1.29, 1.82) is 0 Å². The maximum atomic E-state index is 12.6. The van der Waals surface area contributed by atoms with Crippen molar-refractivity contribution >= 4 is 5.82 Å². The molecule has 0 atom stereocenters. The Kier molecular flexibility index (Phi) is 3.63. The Labute approximate surface area is 99.0 Å². The molecule has 0 saturated heterocycles. The van der Waals surface area contributed by atoms with Crippen LogP contribution in [0.5, 0.6) is 5.88 Å². The van der Waals surface area contributed by atoms with E-state index in [1.165, 1.54) is 13.8 Å². The molecular weight excluding hydrogens is 261 g/mol. The van der Waals surface area contributed by atoms with Crippen LogP contribution in [-0.2, 0) is 0 Å². The lowest BCUT2D eigenvalue weighted by Crippen LogP contribution is -2.42. The minimum absolute atomic E-state index is 0.0344. The van der Waals surface area contributed by atoms with Crippen molar-refractivity contribution in [2.45, 2.75) is 25.9 Å². The fourth-order valence-electron chi connectivity index (χ4n) is 1.00. The zero-order chi connectivity index (χ0) is 14.1. The molecule has 0 saturated carbocycles. The molecule has 1 heterocycles. The van der Waals surface area contributed by atoms with E-state index in [0.717, 1.165) is 0 Å². The third-order valence-electron chi connectivity index (χ3n) is 2.06. The van der Waals surface area contributed by atoms with Crippen molar-refractivity contribution in [3.05, 3.63) is 11.4 Å². The number of ether oxygens (including phenoxy) is 1. The molecular formula is C9H10F5N3O. The summed E-state index contributed by atoms with van der Waals surface area (Å²) in [6, 6.07) is 0. The number of anilines is 1. The van der Waals surface area contributed by atoms with Crippen LogP contribution in [0.2, 0.25) is 0 Å². The number of nitrogens with two attached hydrogens (primary N) is 1. The van der Waals surface area contributed by atoms with Crippen molar-refractivity contribution in [2.24, 2.45) is 0 Å². The van der Waals surface area contributed by atoms with Gasteiger partial charge in [0.25, 0.3) is 0 Å². The van der Waals surface area contributed by atoms with E-state index in [-0.39, 0.29) is 23.1 Å². The van der Waals surface area contributed by atoms with Crippen LogP contribution in [-0.4, -0.2) is 28.7 Å². The molecule has 0 aliphatic heterocycles. The average Bonchev–Trinajstić information content (AvgIpc) is 2.19. The lowest BCUT2D eigenvalue weighted by Gasteiger charge is -2.20. The van der Waals surface area contributed by atoms with Gasteiger partial charge in [0.1, 0.15) is 11.6 Å². The van der Waals surface area contributed by atoms with Crippen LogP contribution in [0, 0.1) is 13.8 Å². The highest BCUT2D eigenvalue weighted by Crippen LogP contribution is 2.36. The SMILES string of the molecule is Cc1nc(N)c(C)c(OCC(F)(F)C(F)(F)F)n1. The van der Waals surface area contributed by atoms with Crippen LogP contribution in [0.4, 0.5) is 27.8 Å². The summed E-state index contributed by atoms with van der Waals surface area (Å²) in [5.74, 6) is -5.26. The molecule has 1 rings (SSSR count). The molecule has 0 aromatic carbocycles. The first-order valence-electron chi connectivity index (χ1n) is 4.72. The third-order valence-corrected chi connectivity index (χ3v) is 2.06. The van der Waals surface area contributed by atoms with Crippen molar-refractivity contribution < 1.29 is 26.7 Å². The summed E-state index contributed by atoms with van der Waals surface area (Å²) in [6.07, 6.45) is -5.67. The molecule has 0 unspecified atom stereocenters. The maximum absolute atomic E-state index is 12.6. The Morgan fingerprint density at radius 3 is 2.17 bits per heavy atom. The average molecular weight is 271 g/mol. The second-order valence-corrected chi connectivity index (χ2v) is 3.58. The Morgan fingerprint density at radius 1 is 1.11 bits per heavy atom. The number of halogens is 5. The van der Waals surface area contributed by atoms with Gasteiger partial charge in [0.2, 0.25) is 5.88 Å². The zero-order valence-corrected chi connectivity index (χ0v) is 9.48. The van der Waals surface area contributed by atoms with Crippen LogP contribution in [0.15, 0.2) is 0 Å². The van der Waals surface area contributed by atoms with Gasteiger partial charge in [0.15, 0.2) is 6.61 Å². The molecule has 1 aromatic heterocycles. The van der Waals surface area contributed by atoms with Crippen LogP contribution in [0.3, 0.4) is 0 Å². The van der Waals surface area contributed by atoms with Gasteiger partial charge in [0.05, 0.1) is 5.56 Å². The molecule has 0 radical (unpaired) electrons. The molecule has 9 heteroatoms. The monoisotopic (exact) mass is 271 g/mol. The van der Waals surface area contributed by atoms with E-state index in [1.807, 2.05) is 0 Å². The Morgan fingerprint density at radius 2 is 1.67 bits per heavy atom. The van der Waals surface area contributed by atoms with Crippen LogP contribution in [0.25, 0.3) is 0 Å². The van der Waals surface area contributed by atoms with E-state index >= 15 is 0 Å².